The van der Waals surface area contributed by atoms with E-state index >= 15 is 0 Å². The van der Waals surface area contributed by atoms with Crippen LogP contribution in [0.15, 0.2) is 200 Å². The molecule has 1 aliphatic heterocycles. The van der Waals surface area contributed by atoms with Crippen molar-refractivity contribution in [3.8, 4) is 33.8 Å². The monoisotopic (exact) mass is 759 g/mol. The van der Waals surface area contributed by atoms with E-state index in [1.54, 1.807) is 0 Å². The van der Waals surface area contributed by atoms with Gasteiger partial charge in [-0.05, 0) is 100 Å². The number of thiophene rings is 1. The van der Waals surface area contributed by atoms with Crippen LogP contribution in [-0.4, -0.2) is 0 Å². The van der Waals surface area contributed by atoms with Gasteiger partial charge in [-0.15, -0.1) is 11.3 Å². The van der Waals surface area contributed by atoms with Crippen molar-refractivity contribution in [1.29, 1.82) is 0 Å². The minimum absolute atomic E-state index is 0.558. The first-order valence-corrected chi connectivity index (χ1v) is 21.0. The molecule has 0 bridgehead atoms. The van der Waals surface area contributed by atoms with Gasteiger partial charge in [-0.2, -0.15) is 0 Å². The van der Waals surface area contributed by atoms with E-state index in [1.807, 2.05) is 11.3 Å². The quantitative estimate of drug-likeness (QED) is 0.173. The summed E-state index contributed by atoms with van der Waals surface area (Å²) in [6.45, 7) is 0. The average Bonchev–Trinajstić information content (AvgIpc) is 3.81. The maximum absolute atomic E-state index is 7.24. The molecule has 3 aliphatic rings. The van der Waals surface area contributed by atoms with E-state index in [2.05, 4.69) is 205 Å². The fraction of sp³-hybridized carbons (Fsp3) is 0.0545. The van der Waals surface area contributed by atoms with Crippen molar-refractivity contribution < 1.29 is 4.74 Å². The van der Waals surface area contributed by atoms with Crippen LogP contribution in [-0.2, 0) is 5.41 Å². The molecular formula is C55H37NOS. The lowest BCUT2D eigenvalue weighted by Gasteiger charge is -2.41. The van der Waals surface area contributed by atoms with E-state index in [0.717, 1.165) is 47.0 Å². The molecular weight excluding hydrogens is 723 g/mol. The van der Waals surface area contributed by atoms with E-state index in [1.165, 1.54) is 70.3 Å². The molecule has 274 valence electrons. The summed E-state index contributed by atoms with van der Waals surface area (Å²) in [6, 6.07) is 66.9. The van der Waals surface area contributed by atoms with Crippen LogP contribution >= 0.6 is 11.3 Å². The lowest BCUT2D eigenvalue weighted by Crippen LogP contribution is -2.32. The number of anilines is 3. The van der Waals surface area contributed by atoms with Gasteiger partial charge in [-0.3, -0.25) is 0 Å². The fourth-order valence-electron chi connectivity index (χ4n) is 9.93. The first-order chi connectivity index (χ1) is 28.8. The van der Waals surface area contributed by atoms with Gasteiger partial charge < -0.3 is 9.64 Å². The van der Waals surface area contributed by atoms with Gasteiger partial charge >= 0.3 is 0 Å². The Balaban J connectivity index is 1.15. The molecule has 58 heavy (non-hydrogen) atoms. The van der Waals surface area contributed by atoms with Crippen molar-refractivity contribution in [3.63, 3.8) is 0 Å². The lowest BCUT2D eigenvalue weighted by molar-refractivity contribution is 0.437. The highest BCUT2D eigenvalue weighted by Gasteiger charge is 2.51. The molecule has 2 heterocycles. The number of hydrogen-bond acceptors (Lipinski definition) is 3. The highest BCUT2D eigenvalue weighted by molar-refractivity contribution is 7.26. The maximum Gasteiger partial charge on any atom is 0.156 e. The first-order valence-electron chi connectivity index (χ1n) is 20.1. The number of allylic oxidation sites excluding steroid dienone is 4. The SMILES string of the molecule is C1=CCCC(c2cccc(-c3cc(N(c4ccccc4)c4cccc5c4Oc4ccccc4C54c5ccccc5-c5ccccc54)cc4c3sc3ccccc34)c2)=C1. The van der Waals surface area contributed by atoms with Crippen LogP contribution < -0.4 is 9.64 Å². The zero-order chi connectivity index (χ0) is 38.2. The van der Waals surface area contributed by atoms with Crippen LogP contribution in [0.3, 0.4) is 0 Å². The second-order valence-electron chi connectivity index (χ2n) is 15.5. The molecule has 0 fully saturated rings. The van der Waals surface area contributed by atoms with E-state index < -0.39 is 5.41 Å². The number of ether oxygens (including phenoxy) is 1. The Hall–Kier alpha value is -6.94. The number of fused-ring (bicyclic) bond motifs is 12. The van der Waals surface area contributed by atoms with Gasteiger partial charge in [0.1, 0.15) is 5.75 Å². The van der Waals surface area contributed by atoms with Gasteiger partial charge in [-0.25, -0.2) is 0 Å². The summed E-state index contributed by atoms with van der Waals surface area (Å²) in [5.41, 5.74) is 15.1. The molecule has 0 unspecified atom stereocenters. The predicted molar refractivity (Wildman–Crippen MR) is 243 cm³/mol. The summed E-state index contributed by atoms with van der Waals surface area (Å²) in [7, 11) is 0. The van der Waals surface area contributed by atoms with Gasteiger partial charge in [0.25, 0.3) is 0 Å². The van der Waals surface area contributed by atoms with Crippen LogP contribution in [0.5, 0.6) is 11.5 Å². The van der Waals surface area contributed by atoms with Crippen LogP contribution in [0.25, 0.3) is 48.0 Å². The molecule has 12 rings (SSSR count). The van der Waals surface area contributed by atoms with Crippen LogP contribution in [0.4, 0.5) is 17.1 Å². The normalized spacial score (nSPS) is 14.4. The summed E-state index contributed by atoms with van der Waals surface area (Å²) in [5, 5.41) is 2.53. The molecule has 1 spiro atoms. The molecule has 9 aromatic rings. The van der Waals surface area contributed by atoms with Gasteiger partial charge in [0.05, 0.1) is 11.1 Å². The molecule has 0 amide bonds. The minimum Gasteiger partial charge on any atom is -0.454 e. The highest BCUT2D eigenvalue weighted by Crippen LogP contribution is 2.64. The van der Waals surface area contributed by atoms with Gasteiger partial charge in [0.15, 0.2) is 5.75 Å². The lowest BCUT2D eigenvalue weighted by atomic mass is 9.66. The fourth-order valence-corrected chi connectivity index (χ4v) is 11.1. The first kappa shape index (κ1) is 33.2. The van der Waals surface area contributed by atoms with Crippen molar-refractivity contribution >= 4 is 54.1 Å². The van der Waals surface area contributed by atoms with Crippen molar-refractivity contribution in [2.45, 2.75) is 18.3 Å². The molecule has 0 atom stereocenters. The third-order valence-electron chi connectivity index (χ3n) is 12.4. The van der Waals surface area contributed by atoms with Crippen LogP contribution in [0, 0.1) is 0 Å². The third-order valence-corrected chi connectivity index (χ3v) is 13.6. The zero-order valence-corrected chi connectivity index (χ0v) is 32.5. The Morgan fingerprint density at radius 3 is 2.02 bits per heavy atom. The zero-order valence-electron chi connectivity index (χ0n) is 31.7. The number of nitrogens with zero attached hydrogens (tertiary/aromatic N) is 1. The second-order valence-corrected chi connectivity index (χ2v) is 16.5. The highest BCUT2D eigenvalue weighted by atomic mass is 32.1. The van der Waals surface area contributed by atoms with E-state index in [0.29, 0.717) is 0 Å². The second kappa shape index (κ2) is 13.1. The van der Waals surface area contributed by atoms with Crippen LogP contribution in [0.2, 0.25) is 0 Å². The standard InChI is InChI=1S/C55H37NOS/c1-3-17-36(18-4-1)37-19-15-20-38(33-37)44-34-40(35-45-43-25-9-14-32-52(43)58-54(44)45)56(39-21-5-2-6-22-39)50-30-16-29-49-53(50)57-51-31-13-12-28-48(51)55(49)46-26-10-7-23-41(46)42-24-8-11-27-47(42)55/h1-3,5-17,19-35H,4,18H2. The molecule has 2 nitrogen and oxygen atoms in total. The Kier molecular flexibility index (Phi) is 7.48. The summed E-state index contributed by atoms with van der Waals surface area (Å²) >= 11 is 1.88. The molecule has 2 aliphatic carbocycles. The molecule has 8 aromatic carbocycles. The Labute approximate surface area is 342 Å². The summed E-state index contributed by atoms with van der Waals surface area (Å²) in [6.07, 6.45) is 8.85. The Morgan fingerprint density at radius 2 is 1.21 bits per heavy atom. The smallest absolute Gasteiger partial charge is 0.156 e. The maximum atomic E-state index is 7.24. The summed E-state index contributed by atoms with van der Waals surface area (Å²) < 4.78 is 9.82. The molecule has 3 heteroatoms. The predicted octanol–water partition coefficient (Wildman–Crippen LogP) is 15.4. The van der Waals surface area contributed by atoms with E-state index in [-0.39, 0.29) is 0 Å². The number of para-hydroxylation sites is 3. The number of rotatable bonds is 5. The Morgan fingerprint density at radius 1 is 0.517 bits per heavy atom. The van der Waals surface area contributed by atoms with Gasteiger partial charge in [-0.1, -0.05) is 152 Å². The molecule has 0 saturated carbocycles. The molecule has 0 saturated heterocycles. The largest absolute Gasteiger partial charge is 0.454 e. The minimum atomic E-state index is -0.558. The average molecular weight is 760 g/mol. The van der Waals surface area contributed by atoms with Crippen LogP contribution in [0.1, 0.15) is 40.7 Å². The van der Waals surface area contributed by atoms with E-state index in [4.69, 9.17) is 4.74 Å². The van der Waals surface area contributed by atoms with Gasteiger partial charge in [0, 0.05) is 48.2 Å². The van der Waals surface area contributed by atoms with Crippen molar-refractivity contribution in [2.24, 2.45) is 0 Å². The Bertz CT molecular complexity index is 3120. The third kappa shape index (κ3) is 4.84. The molecule has 1 aromatic heterocycles. The molecule has 0 radical (unpaired) electrons. The van der Waals surface area contributed by atoms with E-state index in [9.17, 15) is 0 Å². The van der Waals surface area contributed by atoms with Gasteiger partial charge in [0.2, 0.25) is 0 Å². The van der Waals surface area contributed by atoms with Crippen molar-refractivity contribution in [3.05, 3.63) is 228 Å². The molecule has 0 N–H and O–H groups in total. The number of benzene rings is 8. The van der Waals surface area contributed by atoms with Crippen molar-refractivity contribution in [1.82, 2.24) is 0 Å². The van der Waals surface area contributed by atoms with Crippen molar-refractivity contribution in [2.75, 3.05) is 4.90 Å². The topological polar surface area (TPSA) is 12.5 Å². The number of hydrogen-bond donors (Lipinski definition) is 0. The summed E-state index contributed by atoms with van der Waals surface area (Å²) in [4.78, 5) is 2.42. The summed E-state index contributed by atoms with van der Waals surface area (Å²) in [5.74, 6) is 1.75.